The zero-order valence-electron chi connectivity index (χ0n) is 89.4. The number of benzene rings is 1. The summed E-state index contributed by atoms with van der Waals surface area (Å²) in [5.41, 5.74) is 39.6. The van der Waals surface area contributed by atoms with Gasteiger partial charge in [0.25, 0.3) is 0 Å². The molecular weight excluding hydrogens is 1710 g/mol. The summed E-state index contributed by atoms with van der Waals surface area (Å²) >= 11 is 0. The second-order valence-corrected chi connectivity index (χ2v) is 41.1. The Morgan fingerprint density at radius 2 is 0.628 bits per heavy atom. The van der Waals surface area contributed by atoms with Crippen LogP contribution in [0.1, 0.15) is 314 Å². The van der Waals surface area contributed by atoms with E-state index in [1.165, 1.54) is 164 Å². The van der Waals surface area contributed by atoms with E-state index < -0.39 is 9.84 Å². The topological polar surface area (TPSA) is 240 Å². The number of sulfone groups is 1. The minimum atomic E-state index is -3.36. The number of aryl methyl sites for hydroxylation is 9. The summed E-state index contributed by atoms with van der Waals surface area (Å²) < 4.78 is 26.3. The van der Waals surface area contributed by atoms with Crippen LogP contribution in [0.15, 0.2) is 77.7 Å². The number of allylic oxidation sites excluding steroid dienone is 8. The van der Waals surface area contributed by atoms with Gasteiger partial charge in [-0.25, -0.2) is 28.4 Å². The Balaban J connectivity index is 0.000000271. The number of hydrogen-bond acceptors (Lipinski definition) is 17. The molecule has 0 saturated heterocycles. The summed E-state index contributed by atoms with van der Waals surface area (Å²) in [4.78, 5) is 51.4. The summed E-state index contributed by atoms with van der Waals surface area (Å²) in [6, 6.07) is 27.8. The summed E-state index contributed by atoms with van der Waals surface area (Å²) in [5.74, 6) is 0.0570. The minimum absolute atomic E-state index is 0.0570. The molecule has 0 aliphatic carbocycles. The number of fused-ring (bicyclic) bond motifs is 16. The molecule has 8 N–H and O–H groups in total. The van der Waals surface area contributed by atoms with E-state index in [1.54, 1.807) is 12.1 Å². The van der Waals surface area contributed by atoms with Crippen LogP contribution < -0.4 is 21.3 Å². The monoisotopic (exact) mass is 1890 g/mol. The molecule has 752 valence electrons. The molecule has 0 saturated carbocycles. The Morgan fingerprint density at radius 3 is 1.04 bits per heavy atom. The van der Waals surface area contributed by atoms with Crippen LogP contribution in [0.2, 0.25) is 0 Å². The third-order valence-electron chi connectivity index (χ3n) is 28.9. The first kappa shape index (κ1) is 112. The van der Waals surface area contributed by atoms with Crippen molar-refractivity contribution in [1.82, 2.24) is 90.5 Å². The molecule has 6 aromatic heterocycles. The first-order valence-corrected chi connectivity index (χ1v) is 54.7. The van der Waals surface area contributed by atoms with E-state index in [-0.39, 0.29) is 5.88 Å². The standard InChI is InChI=1S/C57H84N8O2S.C46H70N8.C12H25N3/c1-13-46-41(6)50-35-51-43(8)48(23-21-32-63(11)30-18-17-29-62(10)15-3)56(60-51)38-57-49(44(9)53(61-57)37-55-47(14-2)42(7)52(59-55)36-54(46)58-50)24-22-33-64(12)31-19-20-34-65(16-4)39-68(66,67)45-27-25-40(5)26-28-45;1-9-35-31(5)39-27-40-33(7)37(19-17-25-49-23-15-13-21-47-11-3)45(53-40)30-46-38(20-18-26-50-24-16-14-22-48-12-4)34(8)42(54-46)29-44-36(10-2)32(6)41(52-44)28-43(35)51-39;1-4-14(2)10-7-8-12-15(3)11-6-5-9-13/h25-28,35-38,59,61H,13-24,29-34,39H2,1-12H3;27-30,47-52H,9-26H2,1-8H3;4-8,10-12H2,1-3H3. The van der Waals surface area contributed by atoms with E-state index in [0.717, 1.165) is 293 Å². The van der Waals surface area contributed by atoms with Crippen molar-refractivity contribution < 1.29 is 8.42 Å². The smallest absolute Gasteiger partial charge is 0.191 e. The van der Waals surface area contributed by atoms with Crippen molar-refractivity contribution >= 4 is 98.6 Å². The van der Waals surface area contributed by atoms with Crippen LogP contribution in [0.3, 0.4) is 0 Å². The SMILES string of the molecule is CCC1=C(C)c2cc3nc(cc4[nH]c(cc5[nH]c(cc1n2)c(C)c5CC)c(C)c4CCCN(C)CCCCN(CC)CS(=O)(=O)c1ccc(C)cc1)C(CCCN(C)CCCCN(C)CC)=C3C.CCN(C)CCCCN(C)CCCC#N.CCNCCCCNCCCC1=C(C)c2cc3[nH]c(cc4[nH]c(cc5nc(cc1n2)C(CCCNCCCCNCC)=C5C)c(CC)c4C)c(CC)c3C. The van der Waals surface area contributed by atoms with Crippen molar-refractivity contribution in [3.05, 3.63) is 168 Å². The van der Waals surface area contributed by atoms with Crippen LogP contribution in [0.4, 0.5) is 0 Å². The quantitative estimate of drug-likeness (QED) is 0.0165. The second-order valence-electron chi connectivity index (χ2n) is 39.1. The van der Waals surface area contributed by atoms with Gasteiger partial charge in [-0.2, -0.15) is 5.26 Å². The van der Waals surface area contributed by atoms with Crippen molar-refractivity contribution in [1.29, 1.82) is 5.26 Å². The second kappa shape index (κ2) is 58.0. The number of nitrogens with one attached hydrogen (secondary N) is 8. The maximum Gasteiger partial charge on any atom is 0.191 e. The molecule has 0 atom stereocenters. The number of H-pyrrole nitrogens is 4. The molecule has 137 heavy (non-hydrogen) atoms. The molecular formula is C115H179N19O2S. The van der Waals surface area contributed by atoms with Crippen LogP contribution in [0.5, 0.6) is 0 Å². The molecule has 0 unspecified atom stereocenters. The fraction of sp³-hybridized carbons (Fsp3) is 0.591. The molecule has 0 spiro atoms. The lowest BCUT2D eigenvalue weighted by atomic mass is 9.98. The highest BCUT2D eigenvalue weighted by Crippen LogP contribution is 2.41. The van der Waals surface area contributed by atoms with Crippen LogP contribution in [0.25, 0.3) is 88.7 Å². The van der Waals surface area contributed by atoms with Crippen molar-refractivity contribution in [2.75, 3.05) is 172 Å². The van der Waals surface area contributed by atoms with Crippen molar-refractivity contribution in [3.8, 4) is 6.07 Å². The zero-order chi connectivity index (χ0) is 99.1. The summed E-state index contributed by atoms with van der Waals surface area (Å²) in [7, 11) is 7.64. The number of aromatic amines is 4. The number of hydrogen-bond donors (Lipinski definition) is 8. The Hall–Kier alpha value is -8.54. The van der Waals surface area contributed by atoms with Gasteiger partial charge in [-0.05, 0) is 526 Å². The maximum atomic E-state index is 13.2. The number of nitrogens with zero attached hydrogens (tertiary/aromatic N) is 11. The lowest BCUT2D eigenvalue weighted by molar-refractivity contribution is 0.289. The highest BCUT2D eigenvalue weighted by molar-refractivity contribution is 7.91. The van der Waals surface area contributed by atoms with Crippen molar-refractivity contribution in [2.24, 2.45) is 0 Å². The molecule has 16 bridgehead atoms. The predicted molar refractivity (Wildman–Crippen MR) is 589 cm³/mol. The molecule has 21 nitrogen and oxygen atoms in total. The lowest BCUT2D eigenvalue weighted by Crippen LogP contribution is -2.31. The molecule has 11 rings (SSSR count). The maximum absolute atomic E-state index is 13.2. The molecule has 4 aliphatic rings. The van der Waals surface area contributed by atoms with E-state index in [2.05, 4.69) is 271 Å². The fourth-order valence-corrected chi connectivity index (χ4v) is 21.1. The van der Waals surface area contributed by atoms with Crippen molar-refractivity contribution in [2.45, 2.75) is 284 Å². The normalized spacial score (nSPS) is 13.1. The van der Waals surface area contributed by atoms with E-state index in [9.17, 15) is 8.42 Å². The van der Waals surface area contributed by atoms with E-state index in [1.807, 2.05) is 26.0 Å². The van der Waals surface area contributed by atoms with Gasteiger partial charge in [-0.3, -0.25) is 4.90 Å². The molecule has 1 aromatic carbocycles. The van der Waals surface area contributed by atoms with Crippen LogP contribution >= 0.6 is 0 Å². The molecule has 7 aromatic rings. The molecule has 0 radical (unpaired) electrons. The van der Waals surface area contributed by atoms with Gasteiger partial charge in [0.1, 0.15) is 5.88 Å². The molecule has 0 fully saturated rings. The Kier molecular flexibility index (Phi) is 47.5. The Morgan fingerprint density at radius 1 is 0.314 bits per heavy atom. The molecule has 0 amide bonds. The van der Waals surface area contributed by atoms with E-state index >= 15 is 0 Å². The van der Waals surface area contributed by atoms with Gasteiger partial charge in [-0.15, -0.1) is 0 Å². The summed E-state index contributed by atoms with van der Waals surface area (Å²) in [5, 5.41) is 22.7. The first-order valence-electron chi connectivity index (χ1n) is 53.0. The van der Waals surface area contributed by atoms with Gasteiger partial charge in [0.2, 0.25) is 0 Å². The average molecular weight is 1890 g/mol. The lowest BCUT2D eigenvalue weighted by Gasteiger charge is -2.21. The number of aromatic nitrogens is 8. The van der Waals surface area contributed by atoms with Gasteiger partial charge in [0.15, 0.2) is 9.84 Å². The van der Waals surface area contributed by atoms with Gasteiger partial charge in [-0.1, -0.05) is 80.0 Å². The van der Waals surface area contributed by atoms with Gasteiger partial charge in [0.05, 0.1) is 56.5 Å². The van der Waals surface area contributed by atoms with Gasteiger partial charge < -0.3 is 65.7 Å². The third-order valence-corrected chi connectivity index (χ3v) is 30.6. The first-order chi connectivity index (χ1) is 66.1. The molecule has 10 heterocycles. The summed E-state index contributed by atoms with van der Waals surface area (Å²) in [6.07, 6.45) is 25.4. The fourth-order valence-electron chi connectivity index (χ4n) is 19.6. The van der Waals surface area contributed by atoms with E-state index in [4.69, 9.17) is 25.2 Å². The van der Waals surface area contributed by atoms with Crippen LogP contribution in [-0.2, 0) is 35.5 Å². The number of nitriles is 1. The van der Waals surface area contributed by atoms with E-state index in [0.29, 0.717) is 17.9 Å². The largest absolute Gasteiger partial charge is 0.355 e. The number of rotatable bonds is 56. The Labute approximate surface area is 827 Å². The highest BCUT2D eigenvalue weighted by Gasteiger charge is 2.27. The van der Waals surface area contributed by atoms with Crippen LogP contribution in [-0.4, -0.2) is 250 Å². The zero-order valence-corrected chi connectivity index (χ0v) is 90.2. The van der Waals surface area contributed by atoms with Crippen molar-refractivity contribution in [3.63, 3.8) is 0 Å². The third kappa shape index (κ3) is 33.0. The molecule has 4 aliphatic heterocycles. The van der Waals surface area contributed by atoms with Gasteiger partial charge in [0, 0.05) is 50.6 Å². The minimum Gasteiger partial charge on any atom is -0.355 e. The number of unbranched alkanes of at least 4 members (excludes halogenated alkanes) is 6. The predicted octanol–water partition coefficient (Wildman–Crippen LogP) is 23.3. The molecule has 22 heteroatoms. The highest BCUT2D eigenvalue weighted by atomic mass is 32.2. The van der Waals surface area contributed by atoms with Gasteiger partial charge >= 0.3 is 0 Å². The average Bonchev–Trinajstić information content (AvgIpc) is 1.62. The summed E-state index contributed by atoms with van der Waals surface area (Å²) in [6.45, 7) is 60.7. The van der Waals surface area contributed by atoms with Crippen LogP contribution in [0, 0.1) is 45.9 Å². The Bertz CT molecular complexity index is 5650.